The molecule has 0 aliphatic carbocycles. The minimum Gasteiger partial charge on any atom is -0.422 e. The number of urea groups is 1. The van der Waals surface area contributed by atoms with Crippen molar-refractivity contribution in [3.63, 3.8) is 0 Å². The van der Waals surface area contributed by atoms with Gasteiger partial charge in [0.2, 0.25) is 0 Å². The third-order valence-corrected chi connectivity index (χ3v) is 5.41. The molecule has 6 nitrogen and oxygen atoms in total. The van der Waals surface area contributed by atoms with Gasteiger partial charge in [0.25, 0.3) is 5.91 Å². The predicted octanol–water partition coefficient (Wildman–Crippen LogP) is 3.66. The molecule has 1 aliphatic heterocycles. The van der Waals surface area contributed by atoms with E-state index in [0.717, 1.165) is 22.9 Å². The Hall–Kier alpha value is -2.63. The Morgan fingerprint density at radius 1 is 1.19 bits per heavy atom. The van der Waals surface area contributed by atoms with Crippen LogP contribution < -0.4 is 10.9 Å². The molecule has 1 aromatic heterocycles. The van der Waals surface area contributed by atoms with E-state index in [0.29, 0.717) is 23.5 Å². The molecule has 6 heteroatoms. The van der Waals surface area contributed by atoms with Crippen LogP contribution in [-0.4, -0.2) is 22.4 Å². The summed E-state index contributed by atoms with van der Waals surface area (Å²) in [5.74, 6) is 0.188. The number of aryl methyl sites for hydroxylation is 2. The maximum Gasteiger partial charge on any atom is 0.336 e. The molecule has 0 spiro atoms. The van der Waals surface area contributed by atoms with Crippen LogP contribution in [0.4, 0.5) is 4.79 Å². The van der Waals surface area contributed by atoms with Gasteiger partial charge in [-0.25, -0.2) is 9.59 Å². The Labute approximate surface area is 158 Å². The van der Waals surface area contributed by atoms with E-state index in [1.807, 2.05) is 26.0 Å². The van der Waals surface area contributed by atoms with Gasteiger partial charge in [-0.05, 0) is 56.2 Å². The summed E-state index contributed by atoms with van der Waals surface area (Å²) in [4.78, 5) is 38.7. The van der Waals surface area contributed by atoms with Gasteiger partial charge in [-0.1, -0.05) is 26.0 Å². The van der Waals surface area contributed by atoms with E-state index in [-0.39, 0.29) is 12.5 Å². The van der Waals surface area contributed by atoms with E-state index >= 15 is 0 Å². The molecule has 0 radical (unpaired) electrons. The van der Waals surface area contributed by atoms with E-state index in [4.69, 9.17) is 4.42 Å². The number of amides is 3. The first-order valence-electron chi connectivity index (χ1n) is 9.29. The molecule has 1 aliphatic rings. The van der Waals surface area contributed by atoms with E-state index in [1.165, 1.54) is 11.0 Å². The van der Waals surface area contributed by atoms with Crippen molar-refractivity contribution < 1.29 is 14.0 Å². The van der Waals surface area contributed by atoms with Crippen LogP contribution >= 0.6 is 0 Å². The third kappa shape index (κ3) is 3.48. The maximum atomic E-state index is 12.9. The van der Waals surface area contributed by atoms with Crippen molar-refractivity contribution in [1.82, 2.24) is 10.2 Å². The molecule has 3 amide bonds. The summed E-state index contributed by atoms with van der Waals surface area (Å²) < 4.78 is 5.38. The van der Waals surface area contributed by atoms with Gasteiger partial charge >= 0.3 is 11.7 Å². The molecule has 27 heavy (non-hydrogen) atoms. The normalized spacial score (nSPS) is 20.0. The SMILES string of the molecule is Cc1ccc2c(CN3C(=O)N[C@](C)(CCC(C)C)C3=O)cc(=O)oc2c1C. The summed E-state index contributed by atoms with van der Waals surface area (Å²) in [5.41, 5.74) is 1.63. The quantitative estimate of drug-likeness (QED) is 0.643. The minimum absolute atomic E-state index is 0.0482. The number of imide groups is 1. The van der Waals surface area contributed by atoms with Crippen molar-refractivity contribution in [2.75, 3.05) is 0 Å². The molecule has 3 rings (SSSR count). The summed E-state index contributed by atoms with van der Waals surface area (Å²) in [5, 5.41) is 3.57. The van der Waals surface area contributed by atoms with Gasteiger partial charge in [-0.2, -0.15) is 0 Å². The highest BCUT2D eigenvalue weighted by atomic mass is 16.4. The molecule has 1 saturated heterocycles. The highest BCUT2D eigenvalue weighted by Gasteiger charge is 2.47. The number of carbonyl (C=O) groups excluding carboxylic acids is 2. The number of carbonyl (C=O) groups is 2. The van der Waals surface area contributed by atoms with Gasteiger partial charge in [-0.15, -0.1) is 0 Å². The van der Waals surface area contributed by atoms with Gasteiger partial charge in [0.15, 0.2) is 0 Å². The molecule has 1 atom stereocenters. The van der Waals surface area contributed by atoms with E-state index in [9.17, 15) is 14.4 Å². The lowest BCUT2D eigenvalue weighted by Crippen LogP contribution is -2.44. The van der Waals surface area contributed by atoms with Gasteiger partial charge in [0, 0.05) is 11.5 Å². The molecule has 0 unspecified atom stereocenters. The lowest BCUT2D eigenvalue weighted by Gasteiger charge is -2.22. The van der Waals surface area contributed by atoms with E-state index in [1.54, 1.807) is 6.92 Å². The highest BCUT2D eigenvalue weighted by molar-refractivity contribution is 6.06. The van der Waals surface area contributed by atoms with Crippen molar-refractivity contribution in [1.29, 1.82) is 0 Å². The van der Waals surface area contributed by atoms with Crippen LogP contribution in [0.3, 0.4) is 0 Å². The Morgan fingerprint density at radius 3 is 2.56 bits per heavy atom. The molecule has 144 valence electrons. The molecule has 0 bridgehead atoms. The summed E-state index contributed by atoms with van der Waals surface area (Å²) >= 11 is 0. The minimum atomic E-state index is -0.900. The second-order valence-electron chi connectivity index (χ2n) is 8.06. The fourth-order valence-corrected chi connectivity index (χ4v) is 3.46. The van der Waals surface area contributed by atoms with Gasteiger partial charge < -0.3 is 9.73 Å². The number of rotatable bonds is 5. The maximum absolute atomic E-state index is 12.9. The Kier molecular flexibility index (Phi) is 4.84. The van der Waals surface area contributed by atoms with Crippen LogP contribution in [0.2, 0.25) is 0 Å². The Bertz CT molecular complexity index is 976. The lowest BCUT2D eigenvalue weighted by atomic mass is 9.92. The average molecular weight is 370 g/mol. The zero-order chi connectivity index (χ0) is 19.9. The second-order valence-corrected chi connectivity index (χ2v) is 8.06. The zero-order valence-electron chi connectivity index (χ0n) is 16.5. The fraction of sp³-hybridized carbons (Fsp3) is 0.476. The average Bonchev–Trinajstić information content (AvgIpc) is 2.80. The molecular weight excluding hydrogens is 344 g/mol. The smallest absolute Gasteiger partial charge is 0.336 e. The Balaban J connectivity index is 1.96. The first-order chi connectivity index (χ1) is 12.6. The molecule has 1 aromatic carbocycles. The molecular formula is C21H26N2O4. The van der Waals surface area contributed by atoms with Gasteiger partial charge in [-0.3, -0.25) is 9.69 Å². The fourth-order valence-electron chi connectivity index (χ4n) is 3.46. The van der Waals surface area contributed by atoms with E-state index in [2.05, 4.69) is 19.2 Å². The number of benzene rings is 1. The highest BCUT2D eigenvalue weighted by Crippen LogP contribution is 2.28. The number of hydrogen-bond donors (Lipinski definition) is 1. The summed E-state index contributed by atoms with van der Waals surface area (Å²) in [6, 6.07) is 4.75. The first kappa shape index (κ1) is 19.1. The largest absolute Gasteiger partial charge is 0.422 e. The Morgan fingerprint density at radius 2 is 1.89 bits per heavy atom. The molecule has 0 saturated carbocycles. The zero-order valence-corrected chi connectivity index (χ0v) is 16.5. The number of fused-ring (bicyclic) bond motifs is 1. The lowest BCUT2D eigenvalue weighted by molar-refractivity contribution is -0.131. The molecule has 1 N–H and O–H groups in total. The predicted molar refractivity (Wildman–Crippen MR) is 104 cm³/mol. The van der Waals surface area contributed by atoms with E-state index < -0.39 is 17.2 Å². The number of nitrogens with zero attached hydrogens (tertiary/aromatic N) is 1. The first-order valence-corrected chi connectivity index (χ1v) is 9.29. The van der Waals surface area contributed by atoms with Crippen molar-refractivity contribution >= 4 is 22.9 Å². The van der Waals surface area contributed by atoms with Crippen molar-refractivity contribution in [3.05, 3.63) is 45.3 Å². The van der Waals surface area contributed by atoms with Crippen molar-refractivity contribution in [2.45, 2.75) is 59.5 Å². The third-order valence-electron chi connectivity index (χ3n) is 5.41. The van der Waals surface area contributed by atoms with Crippen LogP contribution in [0, 0.1) is 19.8 Å². The van der Waals surface area contributed by atoms with Crippen LogP contribution in [0.5, 0.6) is 0 Å². The van der Waals surface area contributed by atoms with Crippen molar-refractivity contribution in [3.8, 4) is 0 Å². The summed E-state index contributed by atoms with van der Waals surface area (Å²) in [6.07, 6.45) is 1.43. The van der Waals surface area contributed by atoms with Gasteiger partial charge in [0.1, 0.15) is 11.1 Å². The molecule has 2 heterocycles. The molecule has 1 fully saturated rings. The second kappa shape index (κ2) is 6.83. The van der Waals surface area contributed by atoms with Crippen LogP contribution in [-0.2, 0) is 11.3 Å². The van der Waals surface area contributed by atoms with Crippen LogP contribution in [0.1, 0.15) is 50.3 Å². The van der Waals surface area contributed by atoms with Crippen LogP contribution in [0.15, 0.2) is 27.4 Å². The monoisotopic (exact) mass is 370 g/mol. The number of hydrogen-bond acceptors (Lipinski definition) is 4. The standard InChI is InChI=1S/C21H26N2O4/c1-12(2)8-9-21(5)19(25)23(20(26)22-21)11-15-10-17(24)27-18-14(4)13(3)6-7-16(15)18/h6-7,10,12H,8-9,11H2,1-5H3,(H,22,26)/t21-/m1/s1. The van der Waals surface area contributed by atoms with Crippen molar-refractivity contribution in [2.24, 2.45) is 5.92 Å². The molecule has 2 aromatic rings. The van der Waals surface area contributed by atoms with Gasteiger partial charge in [0.05, 0.1) is 6.54 Å². The number of nitrogens with one attached hydrogen (secondary N) is 1. The topological polar surface area (TPSA) is 79.6 Å². The van der Waals surface area contributed by atoms with Crippen LogP contribution in [0.25, 0.3) is 11.0 Å². The summed E-state index contributed by atoms with van der Waals surface area (Å²) in [6.45, 7) is 9.82. The summed E-state index contributed by atoms with van der Waals surface area (Å²) in [7, 11) is 0.